The first kappa shape index (κ1) is 19.4. The lowest BCUT2D eigenvalue weighted by Crippen LogP contribution is -2.46. The van der Waals surface area contributed by atoms with Crippen LogP contribution in [0.5, 0.6) is 5.75 Å². The van der Waals surface area contributed by atoms with Gasteiger partial charge in [-0.15, -0.1) is 0 Å². The summed E-state index contributed by atoms with van der Waals surface area (Å²) in [5, 5.41) is 2.69. The normalized spacial score (nSPS) is 15.7. The van der Waals surface area contributed by atoms with E-state index in [4.69, 9.17) is 4.74 Å². The van der Waals surface area contributed by atoms with Crippen LogP contribution in [0.3, 0.4) is 0 Å². The van der Waals surface area contributed by atoms with Crippen LogP contribution in [0.4, 0.5) is 5.69 Å². The van der Waals surface area contributed by atoms with Crippen molar-refractivity contribution in [2.45, 2.75) is 38.7 Å². The molecule has 0 saturated heterocycles. The average Bonchev–Trinajstić information content (AvgIpc) is 2.66. The van der Waals surface area contributed by atoms with E-state index in [-0.39, 0.29) is 11.8 Å². The van der Waals surface area contributed by atoms with Gasteiger partial charge < -0.3 is 10.1 Å². The van der Waals surface area contributed by atoms with Gasteiger partial charge in [0, 0.05) is 5.56 Å². The summed E-state index contributed by atoms with van der Waals surface area (Å²) >= 11 is 0. The predicted octanol–water partition coefficient (Wildman–Crippen LogP) is 2.53. The van der Waals surface area contributed by atoms with Crippen molar-refractivity contribution in [3.63, 3.8) is 0 Å². The second-order valence-electron chi connectivity index (χ2n) is 7.63. The van der Waals surface area contributed by atoms with E-state index in [1.165, 1.54) is 0 Å². The van der Waals surface area contributed by atoms with Gasteiger partial charge in [0.2, 0.25) is 5.91 Å². The number of ether oxygens (including phenoxy) is 1. The van der Waals surface area contributed by atoms with Crippen molar-refractivity contribution in [2.75, 3.05) is 5.32 Å². The number of carbonyl (C=O) groups excluding carboxylic acids is 3. The Hall–Kier alpha value is -3.35. The van der Waals surface area contributed by atoms with Crippen molar-refractivity contribution in [1.29, 1.82) is 0 Å². The zero-order valence-electron chi connectivity index (χ0n) is 16.0. The maximum absolute atomic E-state index is 12.2. The molecular weight excluding hydrogens is 358 g/mol. The van der Waals surface area contributed by atoms with Crippen LogP contribution in [0.25, 0.3) is 0 Å². The monoisotopic (exact) mass is 381 g/mol. The maximum Gasteiger partial charge on any atom is 0.269 e. The molecule has 0 radical (unpaired) electrons. The van der Waals surface area contributed by atoms with E-state index in [2.05, 4.69) is 36.9 Å². The third-order valence-electron chi connectivity index (χ3n) is 4.41. The molecule has 0 saturated carbocycles. The number of para-hydroxylation sites is 2. The third kappa shape index (κ3) is 4.49. The minimum Gasteiger partial charge on any atom is -0.478 e. The molecule has 0 aromatic heterocycles. The summed E-state index contributed by atoms with van der Waals surface area (Å²) in [6.07, 6.45) is -1.18. The molecule has 1 aliphatic rings. The van der Waals surface area contributed by atoms with Crippen molar-refractivity contribution < 1.29 is 19.1 Å². The topological polar surface area (TPSA) is 96.5 Å². The third-order valence-corrected chi connectivity index (χ3v) is 4.41. The molecule has 2 aromatic rings. The van der Waals surface area contributed by atoms with Gasteiger partial charge in [0.05, 0.1) is 12.1 Å². The number of rotatable bonds is 3. The highest BCUT2D eigenvalue weighted by Crippen LogP contribution is 2.29. The van der Waals surface area contributed by atoms with Crippen molar-refractivity contribution in [3.8, 4) is 5.75 Å². The minimum absolute atomic E-state index is 0.0115. The fourth-order valence-electron chi connectivity index (χ4n) is 2.77. The second kappa shape index (κ2) is 7.72. The highest BCUT2D eigenvalue weighted by molar-refractivity contribution is 6.00. The lowest BCUT2D eigenvalue weighted by Gasteiger charge is -2.25. The quantitative estimate of drug-likeness (QED) is 0.712. The van der Waals surface area contributed by atoms with Crippen LogP contribution in [0.15, 0.2) is 48.5 Å². The van der Waals surface area contributed by atoms with Crippen molar-refractivity contribution in [3.05, 3.63) is 59.7 Å². The van der Waals surface area contributed by atoms with Crippen LogP contribution in [0.1, 0.15) is 43.1 Å². The van der Waals surface area contributed by atoms with Crippen LogP contribution in [0.2, 0.25) is 0 Å². The van der Waals surface area contributed by atoms with Crippen LogP contribution >= 0.6 is 0 Å². The molecule has 7 heteroatoms. The first-order valence-corrected chi connectivity index (χ1v) is 9.00. The minimum atomic E-state index is -0.960. The van der Waals surface area contributed by atoms with Crippen LogP contribution < -0.4 is 20.9 Å². The first-order valence-electron chi connectivity index (χ1n) is 9.00. The Morgan fingerprint density at radius 1 is 1.04 bits per heavy atom. The summed E-state index contributed by atoms with van der Waals surface area (Å²) in [5.41, 5.74) is 6.76. The number of benzene rings is 2. The molecule has 28 heavy (non-hydrogen) atoms. The summed E-state index contributed by atoms with van der Waals surface area (Å²) in [4.78, 5) is 36.4. The Morgan fingerprint density at radius 3 is 2.39 bits per heavy atom. The van der Waals surface area contributed by atoms with E-state index < -0.39 is 23.8 Å². The van der Waals surface area contributed by atoms with Crippen molar-refractivity contribution in [2.24, 2.45) is 0 Å². The van der Waals surface area contributed by atoms with E-state index in [9.17, 15) is 14.4 Å². The van der Waals surface area contributed by atoms with Crippen molar-refractivity contribution in [1.82, 2.24) is 10.9 Å². The van der Waals surface area contributed by atoms with Crippen LogP contribution in [-0.4, -0.2) is 23.8 Å². The van der Waals surface area contributed by atoms with E-state index in [1.54, 1.807) is 36.4 Å². The van der Waals surface area contributed by atoms with Gasteiger partial charge in [-0.3, -0.25) is 25.2 Å². The average molecular weight is 381 g/mol. The summed E-state index contributed by atoms with van der Waals surface area (Å²) in [5.74, 6) is -0.867. The Balaban J connectivity index is 1.53. The van der Waals surface area contributed by atoms with Gasteiger partial charge in [-0.05, 0) is 35.2 Å². The molecule has 1 heterocycles. The molecule has 0 fully saturated rings. The van der Waals surface area contributed by atoms with Gasteiger partial charge in [-0.25, -0.2) is 0 Å². The lowest BCUT2D eigenvalue weighted by atomic mass is 9.87. The number of anilines is 1. The molecule has 1 aliphatic heterocycles. The summed E-state index contributed by atoms with van der Waals surface area (Å²) in [6.45, 7) is 6.26. The molecule has 3 rings (SSSR count). The molecule has 0 unspecified atom stereocenters. The van der Waals surface area contributed by atoms with Gasteiger partial charge in [0.15, 0.2) is 6.10 Å². The fourth-order valence-corrected chi connectivity index (χ4v) is 2.77. The Kier molecular flexibility index (Phi) is 5.35. The van der Waals surface area contributed by atoms with Gasteiger partial charge in [-0.2, -0.15) is 0 Å². The highest BCUT2D eigenvalue weighted by atomic mass is 16.5. The second-order valence-corrected chi connectivity index (χ2v) is 7.63. The molecule has 146 valence electrons. The summed E-state index contributed by atoms with van der Waals surface area (Å²) in [6, 6.07) is 14.2. The zero-order valence-corrected chi connectivity index (χ0v) is 16.0. The Morgan fingerprint density at radius 2 is 1.71 bits per heavy atom. The molecular formula is C21H23N3O4. The van der Waals surface area contributed by atoms with Gasteiger partial charge in [0.1, 0.15) is 5.75 Å². The smallest absolute Gasteiger partial charge is 0.269 e. The largest absolute Gasteiger partial charge is 0.478 e. The van der Waals surface area contributed by atoms with Crippen LogP contribution in [-0.2, 0) is 15.0 Å². The van der Waals surface area contributed by atoms with Gasteiger partial charge >= 0.3 is 0 Å². The number of carbonyl (C=O) groups is 3. The number of hydrogen-bond donors (Lipinski definition) is 3. The standard InChI is InChI=1S/C21H23N3O4/c1-21(2,3)14-10-8-13(9-11-14)19(26)24-23-18(25)12-17-20(27)22-15-6-4-5-7-16(15)28-17/h4-11,17H,12H2,1-3H3,(H,22,27)(H,23,25)(H,24,26)/t17-/m0/s1. The summed E-state index contributed by atoms with van der Waals surface area (Å²) in [7, 11) is 0. The number of hydrogen-bond acceptors (Lipinski definition) is 4. The molecule has 0 bridgehead atoms. The van der Waals surface area contributed by atoms with E-state index >= 15 is 0 Å². The van der Waals surface area contributed by atoms with E-state index in [1.807, 2.05) is 12.1 Å². The Labute approximate surface area is 163 Å². The number of fused-ring (bicyclic) bond motifs is 1. The molecule has 0 aliphatic carbocycles. The fraction of sp³-hybridized carbons (Fsp3) is 0.286. The van der Waals surface area contributed by atoms with Gasteiger partial charge in [0.25, 0.3) is 11.8 Å². The molecule has 1 atom stereocenters. The molecule has 3 N–H and O–H groups in total. The number of amides is 3. The van der Waals surface area contributed by atoms with Crippen molar-refractivity contribution >= 4 is 23.4 Å². The number of nitrogens with one attached hydrogen (secondary N) is 3. The number of hydrazine groups is 1. The highest BCUT2D eigenvalue weighted by Gasteiger charge is 2.29. The molecule has 0 spiro atoms. The lowest BCUT2D eigenvalue weighted by molar-refractivity contribution is -0.130. The Bertz CT molecular complexity index is 901. The van der Waals surface area contributed by atoms with Crippen LogP contribution in [0, 0.1) is 0 Å². The molecule has 2 aromatic carbocycles. The zero-order chi connectivity index (χ0) is 20.3. The predicted molar refractivity (Wildman–Crippen MR) is 105 cm³/mol. The van der Waals surface area contributed by atoms with E-state index in [0.29, 0.717) is 17.0 Å². The maximum atomic E-state index is 12.2. The van der Waals surface area contributed by atoms with Gasteiger partial charge in [-0.1, -0.05) is 45.0 Å². The molecule has 3 amide bonds. The molecule has 7 nitrogen and oxygen atoms in total. The summed E-state index contributed by atoms with van der Waals surface area (Å²) < 4.78 is 5.57. The van der Waals surface area contributed by atoms with E-state index in [0.717, 1.165) is 5.56 Å². The first-order chi connectivity index (χ1) is 13.2. The SMILES string of the molecule is CC(C)(C)c1ccc(C(=O)NNC(=O)C[C@@H]2Oc3ccccc3NC2=O)cc1.